The van der Waals surface area contributed by atoms with Crippen molar-refractivity contribution >= 4 is 22.2 Å². The number of hydrogen-bond acceptors (Lipinski definition) is 4. The zero-order valence-electron chi connectivity index (χ0n) is 16.1. The topological polar surface area (TPSA) is 46.8 Å². The molecule has 0 saturated carbocycles. The van der Waals surface area contributed by atoms with Gasteiger partial charge in [-0.3, -0.25) is 9.20 Å². The fourth-order valence-electron chi connectivity index (χ4n) is 3.86. The second-order valence-corrected chi connectivity index (χ2v) is 8.16. The third kappa shape index (κ3) is 3.39. The molecule has 1 aliphatic heterocycles. The highest BCUT2D eigenvalue weighted by Crippen LogP contribution is 2.28. The second-order valence-electron chi connectivity index (χ2n) is 7.32. The summed E-state index contributed by atoms with van der Waals surface area (Å²) in [6, 6.07) is 6.54. The number of hydrogen-bond donors (Lipinski definition) is 0. The number of aromatic nitrogens is 2. The predicted octanol–water partition coefficient (Wildman–Crippen LogP) is 4.32. The maximum atomic E-state index is 13.3. The van der Waals surface area contributed by atoms with Gasteiger partial charge in [-0.05, 0) is 44.7 Å². The van der Waals surface area contributed by atoms with Gasteiger partial charge in [0.15, 0.2) is 4.96 Å². The number of amides is 1. The minimum absolute atomic E-state index is 0.0768. The Balaban J connectivity index is 1.69. The highest BCUT2D eigenvalue weighted by molar-refractivity contribution is 7.15. The van der Waals surface area contributed by atoms with E-state index >= 15 is 0 Å². The van der Waals surface area contributed by atoms with E-state index in [0.717, 1.165) is 42.0 Å². The van der Waals surface area contributed by atoms with Crippen molar-refractivity contribution < 1.29 is 9.53 Å². The second kappa shape index (κ2) is 7.44. The minimum atomic E-state index is 0.0768. The molecule has 1 fully saturated rings. The van der Waals surface area contributed by atoms with Crippen molar-refractivity contribution in [2.24, 2.45) is 0 Å². The molecular formula is C21H25N3O2S. The summed E-state index contributed by atoms with van der Waals surface area (Å²) in [6.45, 7) is 5.57. The Hall–Kier alpha value is -2.18. The van der Waals surface area contributed by atoms with Crippen LogP contribution in [0.4, 0.5) is 0 Å². The van der Waals surface area contributed by atoms with Gasteiger partial charge in [0.1, 0.15) is 5.69 Å². The first kappa shape index (κ1) is 18.2. The lowest BCUT2D eigenvalue weighted by atomic mass is 10.0. The molecule has 0 radical (unpaired) electrons. The first-order valence-electron chi connectivity index (χ1n) is 9.42. The van der Waals surface area contributed by atoms with E-state index in [1.807, 2.05) is 20.9 Å². The van der Waals surface area contributed by atoms with Crippen molar-refractivity contribution in [3.63, 3.8) is 0 Å². The van der Waals surface area contributed by atoms with E-state index in [9.17, 15) is 4.79 Å². The van der Waals surface area contributed by atoms with Crippen LogP contribution in [0.2, 0.25) is 0 Å². The molecule has 2 aromatic heterocycles. The van der Waals surface area contributed by atoms with Gasteiger partial charge < -0.3 is 9.64 Å². The summed E-state index contributed by atoms with van der Waals surface area (Å²) in [4.78, 5) is 20.9. The number of rotatable bonds is 4. The van der Waals surface area contributed by atoms with E-state index in [4.69, 9.17) is 9.72 Å². The summed E-state index contributed by atoms with van der Waals surface area (Å²) in [7, 11) is 1.70. The number of nitrogens with zero attached hydrogens (tertiary/aromatic N) is 3. The van der Waals surface area contributed by atoms with Crippen LogP contribution in [0.1, 0.15) is 40.9 Å². The van der Waals surface area contributed by atoms with Crippen LogP contribution in [0.25, 0.3) is 16.2 Å². The van der Waals surface area contributed by atoms with Crippen molar-refractivity contribution in [3.8, 4) is 11.3 Å². The van der Waals surface area contributed by atoms with Gasteiger partial charge in [-0.2, -0.15) is 0 Å². The van der Waals surface area contributed by atoms with Crippen LogP contribution in [0.5, 0.6) is 0 Å². The van der Waals surface area contributed by atoms with Crippen molar-refractivity contribution in [2.45, 2.75) is 39.2 Å². The number of carbonyl (C=O) groups is 1. The van der Waals surface area contributed by atoms with Crippen LogP contribution in [-0.4, -0.2) is 46.5 Å². The molecule has 6 heteroatoms. The molecule has 1 aliphatic rings. The average molecular weight is 384 g/mol. The van der Waals surface area contributed by atoms with Gasteiger partial charge in [-0.25, -0.2) is 4.98 Å². The van der Waals surface area contributed by atoms with Crippen molar-refractivity contribution in [1.82, 2.24) is 14.3 Å². The summed E-state index contributed by atoms with van der Waals surface area (Å²) in [5, 5.41) is 1.93. The lowest BCUT2D eigenvalue weighted by Gasteiger charge is -2.35. The van der Waals surface area contributed by atoms with Crippen LogP contribution < -0.4 is 0 Å². The number of thiazole rings is 1. The zero-order chi connectivity index (χ0) is 19.0. The molecule has 1 atom stereocenters. The molecule has 4 rings (SSSR count). The van der Waals surface area contributed by atoms with E-state index in [1.165, 1.54) is 22.5 Å². The van der Waals surface area contributed by atoms with E-state index in [1.54, 1.807) is 7.11 Å². The van der Waals surface area contributed by atoms with Crippen molar-refractivity contribution in [1.29, 1.82) is 0 Å². The van der Waals surface area contributed by atoms with Crippen molar-refractivity contribution in [2.75, 3.05) is 20.3 Å². The smallest absolute Gasteiger partial charge is 0.272 e. The third-order valence-corrected chi connectivity index (χ3v) is 6.18. The number of imidazole rings is 1. The first-order chi connectivity index (χ1) is 13.1. The van der Waals surface area contributed by atoms with Gasteiger partial charge in [-0.15, -0.1) is 11.3 Å². The number of fused-ring (bicyclic) bond motifs is 1. The number of piperidine rings is 1. The van der Waals surface area contributed by atoms with Gasteiger partial charge in [0.05, 0.1) is 18.3 Å². The monoisotopic (exact) mass is 383 g/mol. The van der Waals surface area contributed by atoms with Crippen LogP contribution in [0, 0.1) is 13.8 Å². The van der Waals surface area contributed by atoms with Gasteiger partial charge in [0, 0.05) is 30.8 Å². The van der Waals surface area contributed by atoms with E-state index in [-0.39, 0.29) is 11.9 Å². The van der Waals surface area contributed by atoms with E-state index in [0.29, 0.717) is 12.3 Å². The molecule has 27 heavy (non-hydrogen) atoms. The Kier molecular flexibility index (Phi) is 5.02. The standard InChI is InChI=1S/C21H25N3O2S/c1-14-7-8-15(2)17(10-14)18-11-24-19(13-27-21(24)22-18)20(25)23-9-5-4-6-16(23)12-26-3/h7-8,10-11,13,16H,4-6,9,12H2,1-3H3. The summed E-state index contributed by atoms with van der Waals surface area (Å²) >= 11 is 1.52. The molecule has 1 aromatic carbocycles. The summed E-state index contributed by atoms with van der Waals surface area (Å²) < 4.78 is 7.29. The molecule has 3 heterocycles. The lowest BCUT2D eigenvalue weighted by molar-refractivity contribution is 0.0422. The Labute approximate surface area is 163 Å². The summed E-state index contributed by atoms with van der Waals surface area (Å²) in [5.41, 5.74) is 5.14. The van der Waals surface area contributed by atoms with Crippen molar-refractivity contribution in [3.05, 3.63) is 46.6 Å². The highest BCUT2D eigenvalue weighted by Gasteiger charge is 2.29. The zero-order valence-corrected chi connectivity index (χ0v) is 16.9. The Morgan fingerprint density at radius 1 is 1.33 bits per heavy atom. The number of methoxy groups -OCH3 is 1. The number of benzene rings is 1. The maximum Gasteiger partial charge on any atom is 0.272 e. The Morgan fingerprint density at radius 3 is 3.00 bits per heavy atom. The largest absolute Gasteiger partial charge is 0.383 e. The lowest BCUT2D eigenvalue weighted by Crippen LogP contribution is -2.46. The molecule has 1 unspecified atom stereocenters. The first-order valence-corrected chi connectivity index (χ1v) is 10.3. The number of ether oxygens (including phenoxy) is 1. The third-order valence-electron chi connectivity index (χ3n) is 5.34. The predicted molar refractivity (Wildman–Crippen MR) is 109 cm³/mol. The highest BCUT2D eigenvalue weighted by atomic mass is 32.1. The Morgan fingerprint density at radius 2 is 2.19 bits per heavy atom. The molecule has 142 valence electrons. The number of aryl methyl sites for hydroxylation is 2. The quantitative estimate of drug-likeness (QED) is 0.674. The molecule has 1 saturated heterocycles. The van der Waals surface area contributed by atoms with Gasteiger partial charge in [-0.1, -0.05) is 17.7 Å². The minimum Gasteiger partial charge on any atom is -0.383 e. The summed E-state index contributed by atoms with van der Waals surface area (Å²) in [5.74, 6) is 0.0768. The molecule has 0 bridgehead atoms. The van der Waals surface area contributed by atoms with Crippen LogP contribution >= 0.6 is 11.3 Å². The number of likely N-dealkylation sites (tertiary alicyclic amines) is 1. The molecular weight excluding hydrogens is 358 g/mol. The van der Waals surface area contributed by atoms with E-state index in [2.05, 4.69) is 32.0 Å². The fraction of sp³-hybridized carbons (Fsp3) is 0.429. The molecule has 3 aromatic rings. The van der Waals surface area contributed by atoms with E-state index < -0.39 is 0 Å². The summed E-state index contributed by atoms with van der Waals surface area (Å²) in [6.07, 6.45) is 5.20. The fourth-order valence-corrected chi connectivity index (χ4v) is 4.71. The average Bonchev–Trinajstić information content (AvgIpc) is 3.24. The molecule has 0 spiro atoms. The molecule has 0 N–H and O–H groups in total. The number of carbonyl (C=O) groups excluding carboxylic acids is 1. The SMILES string of the molecule is COCC1CCCCN1C(=O)c1csc2nc(-c3cc(C)ccc3C)cn12. The maximum absolute atomic E-state index is 13.3. The van der Waals surface area contributed by atoms with Crippen LogP contribution in [-0.2, 0) is 4.74 Å². The van der Waals surface area contributed by atoms with Crippen LogP contribution in [0.15, 0.2) is 29.8 Å². The van der Waals surface area contributed by atoms with Gasteiger partial charge in [0.2, 0.25) is 0 Å². The van der Waals surface area contributed by atoms with Gasteiger partial charge in [0.25, 0.3) is 5.91 Å². The van der Waals surface area contributed by atoms with Crippen LogP contribution in [0.3, 0.4) is 0 Å². The Bertz CT molecular complexity index is 973. The molecule has 0 aliphatic carbocycles. The van der Waals surface area contributed by atoms with Gasteiger partial charge >= 0.3 is 0 Å². The normalized spacial score (nSPS) is 17.6. The molecule has 5 nitrogen and oxygen atoms in total. The molecule has 1 amide bonds.